The Morgan fingerprint density at radius 1 is 1.17 bits per heavy atom. The Morgan fingerprint density at radius 2 is 1.83 bits per heavy atom. The van der Waals surface area contributed by atoms with E-state index in [1.165, 1.54) is 0 Å². The summed E-state index contributed by atoms with van der Waals surface area (Å²) in [6.45, 7) is 0.290. The molecule has 7 heteroatoms. The molecule has 126 valence electrons. The SMILES string of the molecule is O=C(O)C12CCC(COS(=O)(=O)Cc3ccccc3)(CC1)CO2. The number of ether oxygens (including phenoxy) is 1. The minimum atomic E-state index is -3.67. The quantitative estimate of drug-likeness (QED) is 0.796. The zero-order valence-electron chi connectivity index (χ0n) is 12.7. The summed E-state index contributed by atoms with van der Waals surface area (Å²) < 4.78 is 35.0. The van der Waals surface area contributed by atoms with Crippen LogP contribution in [0.15, 0.2) is 30.3 Å². The van der Waals surface area contributed by atoms with Crippen LogP contribution in [-0.2, 0) is 29.6 Å². The van der Waals surface area contributed by atoms with E-state index >= 15 is 0 Å². The maximum atomic E-state index is 12.1. The molecule has 0 amide bonds. The molecule has 3 aliphatic rings. The molecule has 0 radical (unpaired) electrons. The molecule has 0 spiro atoms. The van der Waals surface area contributed by atoms with Gasteiger partial charge in [0.15, 0.2) is 5.60 Å². The van der Waals surface area contributed by atoms with Crippen LogP contribution in [0.2, 0.25) is 0 Å². The zero-order chi connectivity index (χ0) is 16.6. The molecule has 1 aromatic carbocycles. The van der Waals surface area contributed by atoms with Crippen molar-refractivity contribution >= 4 is 16.1 Å². The van der Waals surface area contributed by atoms with E-state index in [4.69, 9.17) is 8.92 Å². The fourth-order valence-electron chi connectivity index (χ4n) is 3.26. The monoisotopic (exact) mass is 340 g/mol. The molecule has 6 nitrogen and oxygen atoms in total. The first-order valence-electron chi connectivity index (χ1n) is 7.63. The number of fused-ring (bicyclic) bond motifs is 3. The molecule has 3 fully saturated rings. The maximum Gasteiger partial charge on any atom is 0.335 e. The molecule has 4 rings (SSSR count). The van der Waals surface area contributed by atoms with Gasteiger partial charge in [0.1, 0.15) is 5.75 Å². The van der Waals surface area contributed by atoms with Gasteiger partial charge in [0, 0.05) is 5.41 Å². The first-order chi connectivity index (χ1) is 10.9. The average molecular weight is 340 g/mol. The van der Waals surface area contributed by atoms with Crippen LogP contribution in [0.5, 0.6) is 0 Å². The first-order valence-corrected chi connectivity index (χ1v) is 9.21. The van der Waals surface area contributed by atoms with Gasteiger partial charge in [-0.15, -0.1) is 0 Å². The van der Waals surface area contributed by atoms with Crippen molar-refractivity contribution in [3.8, 4) is 0 Å². The van der Waals surface area contributed by atoms with Crippen molar-refractivity contribution in [2.75, 3.05) is 13.2 Å². The van der Waals surface area contributed by atoms with E-state index in [1.54, 1.807) is 24.3 Å². The molecule has 1 aliphatic carbocycles. The number of carbonyl (C=O) groups is 1. The van der Waals surface area contributed by atoms with E-state index in [2.05, 4.69) is 0 Å². The molecule has 0 unspecified atom stereocenters. The normalized spacial score (nSPS) is 30.3. The van der Waals surface area contributed by atoms with Crippen LogP contribution >= 0.6 is 0 Å². The fourth-order valence-corrected chi connectivity index (χ4v) is 4.37. The molecular formula is C16H20O6S. The van der Waals surface area contributed by atoms with Crippen LogP contribution in [0.1, 0.15) is 31.2 Å². The molecular weight excluding hydrogens is 320 g/mol. The molecule has 2 saturated heterocycles. The van der Waals surface area contributed by atoms with Crippen molar-refractivity contribution in [3.05, 3.63) is 35.9 Å². The number of benzene rings is 1. The van der Waals surface area contributed by atoms with Gasteiger partial charge in [-0.1, -0.05) is 30.3 Å². The van der Waals surface area contributed by atoms with E-state index in [0.29, 0.717) is 31.2 Å². The Morgan fingerprint density at radius 3 is 2.35 bits per heavy atom. The van der Waals surface area contributed by atoms with E-state index in [1.807, 2.05) is 6.07 Å². The lowest BCUT2D eigenvalue weighted by Crippen LogP contribution is -2.56. The van der Waals surface area contributed by atoms with Crippen LogP contribution in [0.3, 0.4) is 0 Å². The van der Waals surface area contributed by atoms with Crippen molar-refractivity contribution < 1.29 is 27.2 Å². The van der Waals surface area contributed by atoms with Gasteiger partial charge in [0.2, 0.25) is 0 Å². The summed E-state index contributed by atoms with van der Waals surface area (Å²) in [7, 11) is -3.67. The predicted molar refractivity (Wildman–Crippen MR) is 82.2 cm³/mol. The highest BCUT2D eigenvalue weighted by molar-refractivity contribution is 7.85. The van der Waals surface area contributed by atoms with Crippen molar-refractivity contribution in [1.82, 2.24) is 0 Å². The van der Waals surface area contributed by atoms with Gasteiger partial charge in [0.05, 0.1) is 13.2 Å². The van der Waals surface area contributed by atoms with Gasteiger partial charge in [-0.25, -0.2) is 4.79 Å². The second-order valence-electron chi connectivity index (χ2n) is 6.54. The van der Waals surface area contributed by atoms with Crippen LogP contribution in [0.4, 0.5) is 0 Å². The Balaban J connectivity index is 1.60. The molecule has 1 saturated carbocycles. The zero-order valence-corrected chi connectivity index (χ0v) is 13.5. The number of carboxylic acid groups (broad SMARTS) is 1. The molecule has 2 aliphatic heterocycles. The highest BCUT2D eigenvalue weighted by Gasteiger charge is 2.54. The van der Waals surface area contributed by atoms with Crippen LogP contribution in [0, 0.1) is 5.41 Å². The number of carboxylic acids is 1. The smallest absolute Gasteiger partial charge is 0.335 e. The summed E-state index contributed by atoms with van der Waals surface area (Å²) in [4.78, 5) is 11.3. The van der Waals surface area contributed by atoms with E-state index in [9.17, 15) is 18.3 Å². The van der Waals surface area contributed by atoms with Gasteiger partial charge < -0.3 is 9.84 Å². The topological polar surface area (TPSA) is 89.9 Å². The molecule has 0 atom stereocenters. The standard InChI is InChI=1S/C16H20O6S/c17-14(18)16-8-6-15(7-9-16,11-21-16)12-22-23(19,20)10-13-4-2-1-3-5-13/h1-5H,6-12H2,(H,17,18). The summed E-state index contributed by atoms with van der Waals surface area (Å²) in [5.41, 5.74) is -0.788. The molecule has 2 bridgehead atoms. The van der Waals surface area contributed by atoms with Gasteiger partial charge in [-0.05, 0) is 31.2 Å². The van der Waals surface area contributed by atoms with Crippen LogP contribution in [-0.4, -0.2) is 38.3 Å². The minimum Gasteiger partial charge on any atom is -0.479 e. The highest BCUT2D eigenvalue weighted by atomic mass is 32.2. The molecule has 2 heterocycles. The summed E-state index contributed by atoms with van der Waals surface area (Å²) in [5, 5.41) is 9.27. The van der Waals surface area contributed by atoms with Crippen LogP contribution < -0.4 is 0 Å². The fraction of sp³-hybridized carbons (Fsp3) is 0.562. The summed E-state index contributed by atoms with van der Waals surface area (Å²) in [6.07, 6.45) is 2.04. The first kappa shape index (κ1) is 16.4. The highest BCUT2D eigenvalue weighted by Crippen LogP contribution is 2.49. The lowest BCUT2D eigenvalue weighted by Gasteiger charge is -2.50. The Kier molecular flexibility index (Phi) is 4.20. The van der Waals surface area contributed by atoms with Gasteiger partial charge >= 0.3 is 5.97 Å². The predicted octanol–water partition coefficient (Wildman–Crippen LogP) is 1.95. The number of hydrogen-bond acceptors (Lipinski definition) is 5. The van der Waals surface area contributed by atoms with E-state index < -0.39 is 21.7 Å². The van der Waals surface area contributed by atoms with E-state index in [-0.39, 0.29) is 24.4 Å². The minimum absolute atomic E-state index is 0.0534. The third-order valence-electron chi connectivity index (χ3n) is 4.89. The Hall–Kier alpha value is -1.44. The van der Waals surface area contributed by atoms with Gasteiger partial charge in [-0.2, -0.15) is 8.42 Å². The summed E-state index contributed by atoms with van der Waals surface area (Å²) >= 11 is 0. The third-order valence-corrected chi connectivity index (χ3v) is 6.06. The van der Waals surface area contributed by atoms with E-state index in [0.717, 1.165) is 0 Å². The van der Waals surface area contributed by atoms with Crippen LogP contribution in [0.25, 0.3) is 0 Å². The summed E-state index contributed by atoms with van der Waals surface area (Å²) in [5.74, 6) is -1.09. The largest absolute Gasteiger partial charge is 0.479 e. The number of aliphatic carboxylic acids is 1. The number of rotatable bonds is 6. The van der Waals surface area contributed by atoms with Crippen molar-refractivity contribution in [3.63, 3.8) is 0 Å². The second kappa shape index (κ2) is 5.89. The third kappa shape index (κ3) is 3.41. The average Bonchev–Trinajstić information content (AvgIpc) is 2.55. The van der Waals surface area contributed by atoms with Crippen molar-refractivity contribution in [1.29, 1.82) is 0 Å². The maximum absolute atomic E-state index is 12.1. The van der Waals surface area contributed by atoms with Crippen molar-refractivity contribution in [2.24, 2.45) is 5.41 Å². The van der Waals surface area contributed by atoms with Gasteiger partial charge in [0.25, 0.3) is 10.1 Å². The molecule has 23 heavy (non-hydrogen) atoms. The Labute approximate surface area is 135 Å². The molecule has 1 N–H and O–H groups in total. The Bertz CT molecular complexity index is 657. The van der Waals surface area contributed by atoms with Gasteiger partial charge in [-0.3, -0.25) is 4.18 Å². The lowest BCUT2D eigenvalue weighted by molar-refractivity contribution is -0.211. The molecule has 1 aromatic rings. The van der Waals surface area contributed by atoms with Crippen molar-refractivity contribution in [2.45, 2.75) is 37.0 Å². The number of hydrogen-bond donors (Lipinski definition) is 1. The summed E-state index contributed by atoms with van der Waals surface area (Å²) in [6, 6.07) is 8.87. The molecule has 0 aromatic heterocycles. The lowest BCUT2D eigenvalue weighted by atomic mass is 9.66. The second-order valence-corrected chi connectivity index (χ2v) is 8.18.